The van der Waals surface area contributed by atoms with Crippen molar-refractivity contribution in [3.63, 3.8) is 0 Å². The average molecular weight is 272 g/mol. The first-order valence-corrected chi connectivity index (χ1v) is 5.25. The van der Waals surface area contributed by atoms with Crippen molar-refractivity contribution in [2.24, 2.45) is 0 Å². The van der Waals surface area contributed by atoms with E-state index in [1.807, 2.05) is 0 Å². The maximum Gasteiger partial charge on any atom is 0.418 e. The molecular formula is C12H11F3N2O2. The predicted molar refractivity (Wildman–Crippen MR) is 61.3 cm³/mol. The van der Waals surface area contributed by atoms with Crippen molar-refractivity contribution in [3.8, 4) is 6.07 Å². The van der Waals surface area contributed by atoms with Crippen LogP contribution in [0.25, 0.3) is 0 Å². The number of alkyl halides is 3. The van der Waals surface area contributed by atoms with Crippen molar-refractivity contribution in [3.05, 3.63) is 29.3 Å². The molecular weight excluding hydrogens is 261 g/mol. The molecule has 1 aromatic carbocycles. The minimum absolute atomic E-state index is 0.108. The Bertz CT molecular complexity index is 521. The molecule has 0 spiro atoms. The van der Waals surface area contributed by atoms with Crippen molar-refractivity contribution in [2.75, 3.05) is 12.4 Å². The smallest absolute Gasteiger partial charge is 0.418 e. The quantitative estimate of drug-likeness (QED) is 0.859. The number of nitrogens with zero attached hydrogens (tertiary/aromatic N) is 1. The maximum atomic E-state index is 12.8. The van der Waals surface area contributed by atoms with Gasteiger partial charge in [0.15, 0.2) is 0 Å². The first kappa shape index (κ1) is 14.8. The van der Waals surface area contributed by atoms with Crippen molar-refractivity contribution in [1.29, 1.82) is 5.26 Å². The summed E-state index contributed by atoms with van der Waals surface area (Å²) in [5.41, 5.74) is -1.38. The van der Waals surface area contributed by atoms with E-state index in [-0.39, 0.29) is 11.3 Å². The lowest BCUT2D eigenvalue weighted by molar-refractivity contribution is -0.141. The van der Waals surface area contributed by atoms with Gasteiger partial charge in [0.05, 0.1) is 24.3 Å². The Morgan fingerprint density at radius 2 is 2.11 bits per heavy atom. The Labute approximate surface area is 107 Å². The number of hydrogen-bond acceptors (Lipinski definition) is 4. The molecule has 0 radical (unpaired) electrons. The Kier molecular flexibility index (Phi) is 4.38. The highest BCUT2D eigenvalue weighted by atomic mass is 19.4. The summed E-state index contributed by atoms with van der Waals surface area (Å²) in [6.07, 6.45) is -4.62. The molecule has 1 unspecified atom stereocenters. The van der Waals surface area contributed by atoms with Gasteiger partial charge in [-0.05, 0) is 25.1 Å². The van der Waals surface area contributed by atoms with Crippen LogP contribution in [0.5, 0.6) is 0 Å². The van der Waals surface area contributed by atoms with Gasteiger partial charge in [0.1, 0.15) is 6.04 Å². The summed E-state index contributed by atoms with van der Waals surface area (Å²) in [6, 6.07) is 3.78. The molecule has 0 saturated carbocycles. The number of benzene rings is 1. The molecule has 0 saturated heterocycles. The number of nitrogens with one attached hydrogen (secondary N) is 1. The third-order valence-corrected chi connectivity index (χ3v) is 2.38. The maximum absolute atomic E-state index is 12.8. The molecule has 0 aliphatic carbocycles. The van der Waals surface area contributed by atoms with Gasteiger partial charge >= 0.3 is 12.1 Å². The van der Waals surface area contributed by atoms with Crippen molar-refractivity contribution in [1.82, 2.24) is 0 Å². The van der Waals surface area contributed by atoms with E-state index in [9.17, 15) is 18.0 Å². The minimum Gasteiger partial charge on any atom is -0.467 e. The Balaban J connectivity index is 3.14. The van der Waals surface area contributed by atoms with Gasteiger partial charge in [-0.2, -0.15) is 18.4 Å². The van der Waals surface area contributed by atoms with Crippen LogP contribution in [-0.4, -0.2) is 19.1 Å². The lowest BCUT2D eigenvalue weighted by Crippen LogP contribution is -2.28. The summed E-state index contributed by atoms with van der Waals surface area (Å²) >= 11 is 0. The highest BCUT2D eigenvalue weighted by Gasteiger charge is 2.34. The van der Waals surface area contributed by atoms with E-state index < -0.39 is 23.8 Å². The molecule has 0 aromatic heterocycles. The van der Waals surface area contributed by atoms with Crippen LogP contribution in [0.3, 0.4) is 0 Å². The van der Waals surface area contributed by atoms with E-state index in [2.05, 4.69) is 10.1 Å². The second-order valence-electron chi connectivity index (χ2n) is 3.76. The molecule has 0 aliphatic rings. The minimum atomic E-state index is -4.62. The SMILES string of the molecule is COC(=O)C(C)Nc1ccc(C#N)cc1C(F)(F)F. The van der Waals surface area contributed by atoms with Gasteiger partial charge in [0.25, 0.3) is 0 Å². The van der Waals surface area contributed by atoms with Gasteiger partial charge in [-0.25, -0.2) is 4.79 Å². The number of rotatable bonds is 3. The standard InChI is InChI=1S/C12H11F3N2O2/c1-7(11(18)19-2)17-10-4-3-8(6-16)5-9(10)12(13,14)15/h3-5,7,17H,1-2H3. The van der Waals surface area contributed by atoms with Gasteiger partial charge in [-0.1, -0.05) is 0 Å². The number of hydrogen-bond donors (Lipinski definition) is 1. The van der Waals surface area contributed by atoms with Gasteiger partial charge in [-0.3, -0.25) is 0 Å². The van der Waals surface area contributed by atoms with Crippen LogP contribution in [0.1, 0.15) is 18.1 Å². The number of halogens is 3. The highest BCUT2D eigenvalue weighted by molar-refractivity contribution is 5.79. The molecule has 0 amide bonds. The number of carbonyl (C=O) groups is 1. The summed E-state index contributed by atoms with van der Waals surface area (Å²) in [7, 11) is 1.14. The van der Waals surface area contributed by atoms with Crippen LogP contribution in [0, 0.1) is 11.3 Å². The van der Waals surface area contributed by atoms with Crippen molar-refractivity contribution >= 4 is 11.7 Å². The van der Waals surface area contributed by atoms with Crippen LogP contribution in [0.4, 0.5) is 18.9 Å². The van der Waals surface area contributed by atoms with Gasteiger partial charge in [-0.15, -0.1) is 0 Å². The zero-order valence-corrected chi connectivity index (χ0v) is 10.2. The van der Waals surface area contributed by atoms with Crippen LogP contribution < -0.4 is 5.32 Å². The van der Waals surface area contributed by atoms with E-state index >= 15 is 0 Å². The second kappa shape index (κ2) is 5.61. The lowest BCUT2D eigenvalue weighted by atomic mass is 10.1. The van der Waals surface area contributed by atoms with E-state index in [1.165, 1.54) is 13.0 Å². The molecule has 1 N–H and O–H groups in total. The molecule has 19 heavy (non-hydrogen) atoms. The number of esters is 1. The molecule has 7 heteroatoms. The summed E-state index contributed by atoms with van der Waals surface area (Å²) < 4.78 is 42.9. The fourth-order valence-electron chi connectivity index (χ4n) is 1.44. The van der Waals surface area contributed by atoms with Crippen molar-refractivity contribution in [2.45, 2.75) is 19.1 Å². The van der Waals surface area contributed by atoms with E-state index in [1.54, 1.807) is 6.07 Å². The average Bonchev–Trinajstić information content (AvgIpc) is 2.36. The van der Waals surface area contributed by atoms with E-state index in [0.717, 1.165) is 19.2 Å². The van der Waals surface area contributed by atoms with Gasteiger partial charge in [0, 0.05) is 5.69 Å². The van der Waals surface area contributed by atoms with Crippen LogP contribution in [0.15, 0.2) is 18.2 Å². The fraction of sp³-hybridized carbons (Fsp3) is 0.333. The molecule has 0 aliphatic heterocycles. The Morgan fingerprint density at radius 1 is 1.47 bits per heavy atom. The van der Waals surface area contributed by atoms with Gasteiger partial charge in [0.2, 0.25) is 0 Å². The van der Waals surface area contributed by atoms with E-state index in [0.29, 0.717) is 0 Å². The number of nitriles is 1. The number of methoxy groups -OCH3 is 1. The molecule has 1 aromatic rings. The molecule has 4 nitrogen and oxygen atoms in total. The topological polar surface area (TPSA) is 62.1 Å². The van der Waals surface area contributed by atoms with E-state index in [4.69, 9.17) is 5.26 Å². The lowest BCUT2D eigenvalue weighted by Gasteiger charge is -2.18. The predicted octanol–water partition coefficient (Wildman–Crippen LogP) is 2.55. The zero-order chi connectivity index (χ0) is 14.6. The Hall–Kier alpha value is -2.23. The molecule has 0 heterocycles. The van der Waals surface area contributed by atoms with Gasteiger partial charge < -0.3 is 10.1 Å². The third-order valence-electron chi connectivity index (χ3n) is 2.38. The van der Waals surface area contributed by atoms with Crippen molar-refractivity contribution < 1.29 is 22.7 Å². The first-order valence-electron chi connectivity index (χ1n) is 5.25. The molecule has 102 valence electrons. The van der Waals surface area contributed by atoms with Crippen LogP contribution in [0.2, 0.25) is 0 Å². The Morgan fingerprint density at radius 3 is 2.58 bits per heavy atom. The summed E-state index contributed by atoms with van der Waals surface area (Å²) in [6.45, 7) is 1.38. The zero-order valence-electron chi connectivity index (χ0n) is 10.2. The number of carbonyl (C=O) groups excluding carboxylic acids is 1. The number of ether oxygens (including phenoxy) is 1. The summed E-state index contributed by atoms with van der Waals surface area (Å²) in [5, 5.41) is 11.0. The molecule has 0 fully saturated rings. The second-order valence-corrected chi connectivity index (χ2v) is 3.76. The van der Waals surface area contributed by atoms with Crippen LogP contribution in [-0.2, 0) is 15.7 Å². The largest absolute Gasteiger partial charge is 0.467 e. The molecule has 0 bridgehead atoms. The fourth-order valence-corrected chi connectivity index (χ4v) is 1.44. The molecule has 1 atom stereocenters. The summed E-state index contributed by atoms with van der Waals surface area (Å²) in [5.74, 6) is -0.683. The summed E-state index contributed by atoms with van der Waals surface area (Å²) in [4.78, 5) is 11.2. The third kappa shape index (κ3) is 3.61. The normalized spacial score (nSPS) is 12.4. The first-order chi connectivity index (χ1) is 8.79. The van der Waals surface area contributed by atoms with Crippen LogP contribution >= 0.6 is 0 Å². The number of anilines is 1. The highest BCUT2D eigenvalue weighted by Crippen LogP contribution is 2.35. The monoisotopic (exact) mass is 272 g/mol. The molecule has 1 rings (SSSR count).